The molecule has 0 amide bonds. The van der Waals surface area contributed by atoms with Gasteiger partial charge in [-0.2, -0.15) is 4.52 Å². The van der Waals surface area contributed by atoms with Crippen LogP contribution in [0.25, 0.3) is 17.0 Å². The molecule has 0 spiro atoms. The van der Waals surface area contributed by atoms with Gasteiger partial charge in [-0.1, -0.05) is 12.1 Å². The Hall–Kier alpha value is -3.97. The lowest BCUT2D eigenvalue weighted by Gasteiger charge is -2.09. The van der Waals surface area contributed by atoms with Gasteiger partial charge in [0.1, 0.15) is 12.4 Å². The first kappa shape index (κ1) is 21.3. The van der Waals surface area contributed by atoms with Crippen LogP contribution in [0, 0.1) is 15.9 Å². The van der Waals surface area contributed by atoms with Crippen LogP contribution in [-0.4, -0.2) is 46.3 Å². The Morgan fingerprint density at radius 3 is 2.56 bits per heavy atom. The van der Waals surface area contributed by atoms with E-state index in [1.165, 1.54) is 34.8 Å². The predicted molar refractivity (Wildman–Crippen MR) is 110 cm³/mol. The third-order valence-corrected chi connectivity index (χ3v) is 5.84. The summed E-state index contributed by atoms with van der Waals surface area (Å²) in [6.45, 7) is -0.243. The SMILES string of the molecule is O=[N+]([O-])c1ccccc1S(=O)(=O)NCCOc1ccc2nnc(-c3ccc(F)cc3)n2n1. The van der Waals surface area contributed by atoms with Gasteiger partial charge in [-0.3, -0.25) is 10.1 Å². The van der Waals surface area contributed by atoms with E-state index in [1.807, 2.05) is 0 Å². The van der Waals surface area contributed by atoms with Gasteiger partial charge in [0.25, 0.3) is 5.69 Å². The number of para-hydroxylation sites is 1. The fourth-order valence-corrected chi connectivity index (χ4v) is 4.06. The van der Waals surface area contributed by atoms with Crippen molar-refractivity contribution >= 4 is 21.4 Å². The predicted octanol–water partition coefficient (Wildman–Crippen LogP) is 2.20. The highest BCUT2D eigenvalue weighted by Crippen LogP contribution is 2.22. The number of hydrogen-bond donors (Lipinski definition) is 1. The second-order valence-corrected chi connectivity index (χ2v) is 8.18. The minimum atomic E-state index is -4.11. The van der Waals surface area contributed by atoms with Crippen molar-refractivity contribution < 1.29 is 22.5 Å². The maximum atomic E-state index is 13.2. The van der Waals surface area contributed by atoms with Gasteiger partial charge in [-0.15, -0.1) is 15.3 Å². The average Bonchev–Trinajstić information content (AvgIpc) is 3.20. The Bertz CT molecular complexity index is 1390. The molecule has 4 rings (SSSR count). The van der Waals surface area contributed by atoms with Crippen LogP contribution in [0.1, 0.15) is 0 Å². The summed E-state index contributed by atoms with van der Waals surface area (Å²) >= 11 is 0. The largest absolute Gasteiger partial charge is 0.475 e. The lowest BCUT2D eigenvalue weighted by atomic mass is 10.2. The standard InChI is InChI=1S/C19H15FN6O5S/c20-14-7-5-13(6-8-14)19-23-22-17-9-10-18(24-25(17)19)31-12-11-21-32(29,30)16-4-2-1-3-15(16)26(27)28/h1-10,21H,11-12H2. The van der Waals surface area contributed by atoms with E-state index in [2.05, 4.69) is 20.0 Å². The molecule has 0 fully saturated rings. The molecule has 13 heteroatoms. The number of nitrogens with one attached hydrogen (secondary N) is 1. The fourth-order valence-electron chi connectivity index (χ4n) is 2.87. The fraction of sp³-hybridized carbons (Fsp3) is 0.105. The molecule has 0 saturated heterocycles. The number of fused-ring (bicyclic) bond motifs is 1. The van der Waals surface area contributed by atoms with Crippen molar-refractivity contribution in [2.45, 2.75) is 4.90 Å². The number of aromatic nitrogens is 4. The van der Waals surface area contributed by atoms with Gasteiger partial charge in [0.05, 0.1) is 4.92 Å². The van der Waals surface area contributed by atoms with E-state index in [4.69, 9.17) is 4.74 Å². The molecule has 32 heavy (non-hydrogen) atoms. The molecule has 0 aliphatic carbocycles. The summed E-state index contributed by atoms with van der Waals surface area (Å²) in [5.74, 6) is 0.163. The van der Waals surface area contributed by atoms with Crippen LogP contribution in [0.2, 0.25) is 0 Å². The molecular formula is C19H15FN6O5S. The number of sulfonamides is 1. The van der Waals surface area contributed by atoms with Crippen LogP contribution in [0.5, 0.6) is 5.88 Å². The van der Waals surface area contributed by atoms with Crippen molar-refractivity contribution in [3.8, 4) is 17.3 Å². The Labute approximate surface area is 180 Å². The highest BCUT2D eigenvalue weighted by Gasteiger charge is 2.24. The van der Waals surface area contributed by atoms with Gasteiger partial charge >= 0.3 is 0 Å². The van der Waals surface area contributed by atoms with Gasteiger partial charge in [0.15, 0.2) is 16.4 Å². The third kappa shape index (κ3) is 4.38. The number of halogens is 1. The number of nitro groups is 1. The molecule has 2 aromatic heterocycles. The van der Waals surface area contributed by atoms with Crippen LogP contribution >= 0.6 is 0 Å². The zero-order valence-electron chi connectivity index (χ0n) is 16.3. The molecular weight excluding hydrogens is 443 g/mol. The molecule has 11 nitrogen and oxygen atoms in total. The highest BCUT2D eigenvalue weighted by molar-refractivity contribution is 7.89. The Kier molecular flexibility index (Phi) is 5.75. The molecule has 0 saturated carbocycles. The number of rotatable bonds is 8. The van der Waals surface area contributed by atoms with Crippen LogP contribution in [0.15, 0.2) is 65.6 Å². The van der Waals surface area contributed by atoms with Gasteiger partial charge in [0.2, 0.25) is 15.9 Å². The van der Waals surface area contributed by atoms with Crippen LogP contribution in [-0.2, 0) is 10.0 Å². The molecule has 0 atom stereocenters. The van der Waals surface area contributed by atoms with Gasteiger partial charge in [-0.05, 0) is 36.4 Å². The summed E-state index contributed by atoms with van der Waals surface area (Å²) in [5, 5.41) is 23.4. The number of hydrogen-bond acceptors (Lipinski definition) is 8. The number of nitro benzene ring substituents is 1. The summed E-state index contributed by atoms with van der Waals surface area (Å²) < 4.78 is 47.1. The summed E-state index contributed by atoms with van der Waals surface area (Å²) in [6.07, 6.45) is 0. The van der Waals surface area contributed by atoms with E-state index in [0.717, 1.165) is 12.1 Å². The van der Waals surface area contributed by atoms with Crippen LogP contribution in [0.3, 0.4) is 0 Å². The Morgan fingerprint density at radius 1 is 1.06 bits per heavy atom. The molecule has 164 valence electrons. The molecule has 0 aliphatic heterocycles. The third-order valence-electron chi connectivity index (χ3n) is 4.34. The van der Waals surface area contributed by atoms with Gasteiger partial charge in [-0.25, -0.2) is 17.5 Å². The second kappa shape index (κ2) is 8.64. The summed E-state index contributed by atoms with van der Waals surface area (Å²) in [4.78, 5) is 9.87. The summed E-state index contributed by atoms with van der Waals surface area (Å²) in [5.41, 5.74) is 0.517. The minimum Gasteiger partial charge on any atom is -0.475 e. The topological polar surface area (TPSA) is 142 Å². The van der Waals surface area contributed by atoms with Crippen molar-refractivity contribution in [2.75, 3.05) is 13.2 Å². The number of benzene rings is 2. The van der Waals surface area contributed by atoms with Gasteiger partial charge in [0, 0.05) is 24.2 Å². The van der Waals surface area contributed by atoms with Crippen molar-refractivity contribution in [3.05, 3.63) is 76.6 Å². The van der Waals surface area contributed by atoms with E-state index < -0.39 is 25.5 Å². The first-order chi connectivity index (χ1) is 15.3. The summed E-state index contributed by atoms with van der Waals surface area (Å²) in [6, 6.07) is 13.9. The van der Waals surface area contributed by atoms with E-state index in [9.17, 15) is 22.9 Å². The molecule has 0 bridgehead atoms. The van der Waals surface area contributed by atoms with Crippen molar-refractivity contribution in [1.29, 1.82) is 0 Å². The van der Waals surface area contributed by atoms with Crippen molar-refractivity contribution in [3.63, 3.8) is 0 Å². The molecule has 4 aromatic rings. The number of nitrogens with zero attached hydrogens (tertiary/aromatic N) is 5. The molecule has 0 radical (unpaired) electrons. The van der Waals surface area contributed by atoms with Crippen LogP contribution < -0.4 is 9.46 Å². The van der Waals surface area contributed by atoms with Crippen molar-refractivity contribution in [2.24, 2.45) is 0 Å². The first-order valence-corrected chi connectivity index (χ1v) is 10.7. The molecule has 0 unspecified atom stereocenters. The average molecular weight is 458 g/mol. The van der Waals surface area contributed by atoms with Crippen molar-refractivity contribution in [1.82, 2.24) is 24.5 Å². The Balaban J connectivity index is 1.44. The number of ether oxygens (including phenoxy) is 1. The minimum absolute atomic E-state index is 0.0909. The van der Waals surface area contributed by atoms with E-state index in [0.29, 0.717) is 17.0 Å². The van der Waals surface area contributed by atoms with E-state index in [-0.39, 0.29) is 24.8 Å². The highest BCUT2D eigenvalue weighted by atomic mass is 32.2. The zero-order valence-corrected chi connectivity index (χ0v) is 17.1. The smallest absolute Gasteiger partial charge is 0.289 e. The first-order valence-electron chi connectivity index (χ1n) is 9.19. The molecule has 1 N–H and O–H groups in total. The van der Waals surface area contributed by atoms with Gasteiger partial charge < -0.3 is 4.74 Å². The second-order valence-electron chi connectivity index (χ2n) is 6.44. The molecule has 2 heterocycles. The zero-order chi connectivity index (χ0) is 22.7. The lowest BCUT2D eigenvalue weighted by Crippen LogP contribution is -2.29. The monoisotopic (exact) mass is 458 g/mol. The molecule has 2 aromatic carbocycles. The lowest BCUT2D eigenvalue weighted by molar-refractivity contribution is -0.387. The normalized spacial score (nSPS) is 11.5. The Morgan fingerprint density at radius 2 is 1.81 bits per heavy atom. The summed E-state index contributed by atoms with van der Waals surface area (Å²) in [7, 11) is -4.11. The van der Waals surface area contributed by atoms with E-state index in [1.54, 1.807) is 18.2 Å². The maximum Gasteiger partial charge on any atom is 0.289 e. The maximum absolute atomic E-state index is 13.2. The van der Waals surface area contributed by atoms with E-state index >= 15 is 0 Å². The quantitative estimate of drug-likeness (QED) is 0.241. The van der Waals surface area contributed by atoms with Crippen LogP contribution in [0.4, 0.5) is 10.1 Å². The molecule has 0 aliphatic rings.